The number of nitrogens with one attached hydrogen (secondary N) is 1. The summed E-state index contributed by atoms with van der Waals surface area (Å²) in [5, 5.41) is 15.1. The molecule has 7 heteroatoms. The minimum atomic E-state index is -0.588. The highest BCUT2D eigenvalue weighted by molar-refractivity contribution is 6.35. The predicted molar refractivity (Wildman–Crippen MR) is 127 cm³/mol. The van der Waals surface area contributed by atoms with Gasteiger partial charge < -0.3 is 19.9 Å². The Morgan fingerprint density at radius 2 is 1.71 bits per heavy atom. The predicted octanol–water partition coefficient (Wildman–Crippen LogP) is 6.45. The summed E-state index contributed by atoms with van der Waals surface area (Å²) in [5.74, 6) is 1.02. The van der Waals surface area contributed by atoms with Crippen molar-refractivity contribution in [3.8, 4) is 11.5 Å². The van der Waals surface area contributed by atoms with Crippen LogP contribution in [0, 0.1) is 0 Å². The number of aliphatic hydroxyl groups is 1. The fourth-order valence-electron chi connectivity index (χ4n) is 3.06. The van der Waals surface area contributed by atoms with Crippen LogP contribution in [0.4, 0.5) is 0 Å². The fraction of sp³-hybridized carbons (Fsp3) is 0.250. The first-order valence-corrected chi connectivity index (χ1v) is 11.1. The van der Waals surface area contributed by atoms with E-state index in [4.69, 9.17) is 44.3 Å². The summed E-state index contributed by atoms with van der Waals surface area (Å²) in [5.41, 5.74) is 2.59. The molecule has 3 aromatic rings. The molecule has 0 aromatic heterocycles. The molecule has 0 spiro atoms. The maximum absolute atomic E-state index is 10.3. The van der Waals surface area contributed by atoms with Gasteiger partial charge in [-0.05, 0) is 42.3 Å². The standard InChI is InChI=1S/C24H24Cl3NO3/c1-2-30-23-11-16(13-28-14-22(29)17-6-4-3-5-7-17)10-21(27)24(23)31-15-18-8-9-19(25)12-20(18)26/h3-12,22,28-29H,2,13-15H2,1H3. The SMILES string of the molecule is CCOc1cc(CNCC(O)c2ccccc2)cc(Cl)c1OCc1ccc(Cl)cc1Cl. The molecule has 1 atom stereocenters. The van der Waals surface area contributed by atoms with Crippen molar-refractivity contribution in [2.45, 2.75) is 26.2 Å². The maximum atomic E-state index is 10.3. The van der Waals surface area contributed by atoms with E-state index in [0.717, 1.165) is 16.7 Å². The monoisotopic (exact) mass is 479 g/mol. The Bertz CT molecular complexity index is 999. The molecule has 164 valence electrons. The van der Waals surface area contributed by atoms with Crippen molar-refractivity contribution in [2.24, 2.45) is 0 Å². The van der Waals surface area contributed by atoms with Gasteiger partial charge in [-0.15, -0.1) is 0 Å². The Kier molecular flexibility index (Phi) is 8.88. The molecule has 0 aliphatic heterocycles. The van der Waals surface area contributed by atoms with Crippen LogP contribution >= 0.6 is 34.8 Å². The topological polar surface area (TPSA) is 50.7 Å². The Balaban J connectivity index is 1.66. The van der Waals surface area contributed by atoms with E-state index in [1.54, 1.807) is 12.1 Å². The van der Waals surface area contributed by atoms with Crippen molar-refractivity contribution in [3.05, 3.63) is 92.4 Å². The quantitative estimate of drug-likeness (QED) is 0.350. The minimum absolute atomic E-state index is 0.233. The molecule has 0 amide bonds. The van der Waals surface area contributed by atoms with Crippen molar-refractivity contribution in [3.63, 3.8) is 0 Å². The van der Waals surface area contributed by atoms with Crippen LogP contribution in [0.25, 0.3) is 0 Å². The number of ether oxygens (including phenoxy) is 2. The average Bonchev–Trinajstić information content (AvgIpc) is 2.75. The van der Waals surface area contributed by atoms with E-state index in [1.807, 2.05) is 55.5 Å². The minimum Gasteiger partial charge on any atom is -0.490 e. The molecule has 0 saturated heterocycles. The van der Waals surface area contributed by atoms with E-state index in [0.29, 0.717) is 46.3 Å². The molecule has 0 saturated carbocycles. The average molecular weight is 481 g/mol. The zero-order valence-electron chi connectivity index (χ0n) is 17.1. The third kappa shape index (κ3) is 6.76. The molecule has 4 nitrogen and oxygen atoms in total. The summed E-state index contributed by atoms with van der Waals surface area (Å²) < 4.78 is 11.7. The Labute approximate surface area is 197 Å². The van der Waals surface area contributed by atoms with Gasteiger partial charge in [0, 0.05) is 28.7 Å². The second-order valence-corrected chi connectivity index (χ2v) is 8.17. The lowest BCUT2D eigenvalue weighted by molar-refractivity contribution is 0.174. The highest BCUT2D eigenvalue weighted by Crippen LogP contribution is 2.37. The van der Waals surface area contributed by atoms with Crippen LogP contribution in [0.1, 0.15) is 29.7 Å². The van der Waals surface area contributed by atoms with Gasteiger partial charge in [-0.2, -0.15) is 0 Å². The van der Waals surface area contributed by atoms with Crippen LogP contribution in [0.3, 0.4) is 0 Å². The van der Waals surface area contributed by atoms with Crippen LogP contribution in [-0.2, 0) is 13.2 Å². The number of rotatable bonds is 10. The van der Waals surface area contributed by atoms with Crippen LogP contribution in [0.15, 0.2) is 60.7 Å². The van der Waals surface area contributed by atoms with Crippen LogP contribution in [0.5, 0.6) is 11.5 Å². The van der Waals surface area contributed by atoms with Crippen molar-refractivity contribution < 1.29 is 14.6 Å². The highest BCUT2D eigenvalue weighted by Gasteiger charge is 2.14. The number of aliphatic hydroxyl groups excluding tert-OH is 1. The molecule has 0 heterocycles. The summed E-state index contributed by atoms with van der Waals surface area (Å²) in [4.78, 5) is 0. The second-order valence-electron chi connectivity index (χ2n) is 6.92. The first-order chi connectivity index (χ1) is 15.0. The molecular formula is C24H24Cl3NO3. The highest BCUT2D eigenvalue weighted by atomic mass is 35.5. The van der Waals surface area contributed by atoms with Crippen molar-refractivity contribution in [1.29, 1.82) is 0 Å². The molecule has 0 bridgehead atoms. The molecule has 3 rings (SSSR count). The first kappa shape index (κ1) is 23.7. The number of hydrogen-bond donors (Lipinski definition) is 2. The molecule has 1 unspecified atom stereocenters. The van der Waals surface area contributed by atoms with Crippen LogP contribution in [0.2, 0.25) is 15.1 Å². The van der Waals surface area contributed by atoms with Gasteiger partial charge in [0.1, 0.15) is 6.61 Å². The lowest BCUT2D eigenvalue weighted by Crippen LogP contribution is -2.21. The van der Waals surface area contributed by atoms with Gasteiger partial charge in [-0.3, -0.25) is 0 Å². The summed E-state index contributed by atoms with van der Waals surface area (Å²) >= 11 is 18.7. The van der Waals surface area contributed by atoms with Crippen LogP contribution in [-0.4, -0.2) is 18.3 Å². The lowest BCUT2D eigenvalue weighted by atomic mass is 10.1. The van der Waals surface area contributed by atoms with E-state index in [1.165, 1.54) is 0 Å². The largest absolute Gasteiger partial charge is 0.490 e. The number of benzene rings is 3. The van der Waals surface area contributed by atoms with Crippen LogP contribution < -0.4 is 14.8 Å². The molecule has 3 aromatic carbocycles. The van der Waals surface area contributed by atoms with Crippen molar-refractivity contribution >= 4 is 34.8 Å². The van der Waals surface area contributed by atoms with Gasteiger partial charge in [0.15, 0.2) is 11.5 Å². The summed E-state index contributed by atoms with van der Waals surface area (Å²) in [6.07, 6.45) is -0.588. The molecule has 0 fully saturated rings. The van der Waals surface area contributed by atoms with Crippen molar-refractivity contribution in [1.82, 2.24) is 5.32 Å². The molecule has 0 aliphatic rings. The van der Waals surface area contributed by atoms with Gasteiger partial charge in [-0.25, -0.2) is 0 Å². The fourth-order valence-corrected chi connectivity index (χ4v) is 3.81. The van der Waals surface area contributed by atoms with E-state index >= 15 is 0 Å². The molecule has 2 N–H and O–H groups in total. The van der Waals surface area contributed by atoms with E-state index in [2.05, 4.69) is 5.32 Å². The summed E-state index contributed by atoms with van der Waals surface area (Å²) in [6.45, 7) is 3.54. The van der Waals surface area contributed by atoms with Gasteiger partial charge >= 0.3 is 0 Å². The smallest absolute Gasteiger partial charge is 0.180 e. The second kappa shape index (κ2) is 11.6. The zero-order valence-corrected chi connectivity index (χ0v) is 19.3. The molecule has 0 radical (unpaired) electrons. The Morgan fingerprint density at radius 3 is 2.42 bits per heavy atom. The van der Waals surface area contributed by atoms with Gasteiger partial charge in [0.2, 0.25) is 0 Å². The lowest BCUT2D eigenvalue weighted by Gasteiger charge is -2.17. The van der Waals surface area contributed by atoms with E-state index in [-0.39, 0.29) is 6.61 Å². The third-order valence-electron chi connectivity index (χ3n) is 4.61. The van der Waals surface area contributed by atoms with Gasteiger partial charge in [0.05, 0.1) is 17.7 Å². The summed E-state index contributed by atoms with van der Waals surface area (Å²) in [6, 6.07) is 18.5. The molecular weight excluding hydrogens is 457 g/mol. The maximum Gasteiger partial charge on any atom is 0.180 e. The van der Waals surface area contributed by atoms with Gasteiger partial charge in [0.25, 0.3) is 0 Å². The van der Waals surface area contributed by atoms with Crippen molar-refractivity contribution in [2.75, 3.05) is 13.2 Å². The summed E-state index contributed by atoms with van der Waals surface area (Å²) in [7, 11) is 0. The third-order valence-corrected chi connectivity index (χ3v) is 5.48. The first-order valence-electron chi connectivity index (χ1n) is 9.93. The Morgan fingerprint density at radius 1 is 0.935 bits per heavy atom. The normalized spacial score (nSPS) is 11.9. The zero-order chi connectivity index (χ0) is 22.2. The Hall–Kier alpha value is -1.95. The van der Waals surface area contributed by atoms with E-state index < -0.39 is 6.10 Å². The number of hydrogen-bond acceptors (Lipinski definition) is 4. The molecule has 31 heavy (non-hydrogen) atoms. The number of halogens is 3. The van der Waals surface area contributed by atoms with E-state index in [9.17, 15) is 5.11 Å². The molecule has 0 aliphatic carbocycles. The van der Waals surface area contributed by atoms with Gasteiger partial charge in [-0.1, -0.05) is 71.2 Å².